The molecule has 6 heteroatoms. The van der Waals surface area contributed by atoms with Gasteiger partial charge in [0.05, 0.1) is 5.56 Å². The molecule has 108 valence electrons. The summed E-state index contributed by atoms with van der Waals surface area (Å²) < 4.78 is 1.26. The summed E-state index contributed by atoms with van der Waals surface area (Å²) in [6, 6.07) is 0.380. The Labute approximate surface area is 116 Å². The van der Waals surface area contributed by atoms with Crippen LogP contribution in [0, 0.1) is 0 Å². The highest BCUT2D eigenvalue weighted by atomic mass is 16.2. The second-order valence-electron chi connectivity index (χ2n) is 5.75. The fourth-order valence-corrected chi connectivity index (χ4v) is 3.51. The molecule has 0 spiro atoms. The number of aromatic amines is 1. The van der Waals surface area contributed by atoms with Crippen LogP contribution in [0.3, 0.4) is 0 Å². The first-order valence-electron chi connectivity index (χ1n) is 7.17. The van der Waals surface area contributed by atoms with E-state index in [9.17, 15) is 14.4 Å². The van der Waals surface area contributed by atoms with Crippen LogP contribution in [0.2, 0.25) is 0 Å². The Balaban J connectivity index is 1.98. The van der Waals surface area contributed by atoms with Crippen molar-refractivity contribution in [3.8, 4) is 0 Å². The van der Waals surface area contributed by atoms with Gasteiger partial charge in [0.2, 0.25) is 0 Å². The molecule has 0 bridgehead atoms. The summed E-state index contributed by atoms with van der Waals surface area (Å²) in [6.07, 6.45) is 5.17. The number of carbonyl (C=O) groups excluding carboxylic acids is 1. The van der Waals surface area contributed by atoms with Crippen molar-refractivity contribution in [2.24, 2.45) is 0 Å². The minimum Gasteiger partial charge on any atom is -0.313 e. The molecule has 2 aliphatic heterocycles. The van der Waals surface area contributed by atoms with Crippen LogP contribution >= 0.6 is 0 Å². The average Bonchev–Trinajstić information content (AvgIpc) is 2.85. The maximum atomic E-state index is 12.3. The van der Waals surface area contributed by atoms with Gasteiger partial charge in [0, 0.05) is 24.8 Å². The lowest BCUT2D eigenvalue weighted by molar-refractivity contribution is 0.101. The second kappa shape index (κ2) is 5.01. The number of Topliss-reactive ketones (excluding diaryl/α,β-unsaturated/α-hetero) is 1. The highest BCUT2D eigenvalue weighted by Crippen LogP contribution is 2.31. The number of hydrogen-bond acceptors (Lipinski definition) is 4. The standard InChI is InChI=1S/C14H19N3O3/c1-9(18)12-8-15-14(20)17(13(12)19)11-4-6-16-5-2-3-10(16)7-11/h8,10-11H,2-7H2,1H3,(H,15,20). The fraction of sp³-hybridized carbons (Fsp3) is 0.643. The first-order chi connectivity index (χ1) is 9.58. The monoisotopic (exact) mass is 277 g/mol. The van der Waals surface area contributed by atoms with Crippen LogP contribution in [0.25, 0.3) is 0 Å². The molecule has 0 radical (unpaired) electrons. The molecule has 3 rings (SSSR count). The van der Waals surface area contributed by atoms with Crippen molar-refractivity contribution < 1.29 is 4.79 Å². The third kappa shape index (κ3) is 2.14. The Bertz CT molecular complexity index is 646. The van der Waals surface area contributed by atoms with Crippen molar-refractivity contribution in [1.82, 2.24) is 14.5 Å². The molecule has 2 aliphatic rings. The van der Waals surface area contributed by atoms with E-state index in [4.69, 9.17) is 0 Å². The Hall–Kier alpha value is -1.69. The van der Waals surface area contributed by atoms with Crippen molar-refractivity contribution in [3.05, 3.63) is 32.6 Å². The minimum atomic E-state index is -0.447. The second-order valence-corrected chi connectivity index (χ2v) is 5.75. The minimum absolute atomic E-state index is 0.0680. The molecule has 20 heavy (non-hydrogen) atoms. The van der Waals surface area contributed by atoms with Crippen molar-refractivity contribution in [2.45, 2.75) is 44.7 Å². The maximum absolute atomic E-state index is 12.3. The molecule has 1 N–H and O–H groups in total. The number of piperidine rings is 1. The first-order valence-corrected chi connectivity index (χ1v) is 7.17. The summed E-state index contributed by atoms with van der Waals surface area (Å²) in [5, 5.41) is 0. The van der Waals surface area contributed by atoms with Gasteiger partial charge in [0.25, 0.3) is 5.56 Å². The number of nitrogens with zero attached hydrogens (tertiary/aromatic N) is 2. The Morgan fingerprint density at radius 2 is 2.05 bits per heavy atom. The maximum Gasteiger partial charge on any atom is 0.328 e. The zero-order chi connectivity index (χ0) is 14.3. The molecule has 0 aromatic carbocycles. The quantitative estimate of drug-likeness (QED) is 0.801. The zero-order valence-electron chi connectivity index (χ0n) is 11.6. The number of fused-ring (bicyclic) bond motifs is 1. The van der Waals surface area contributed by atoms with Gasteiger partial charge in [0.15, 0.2) is 5.78 Å². The highest BCUT2D eigenvalue weighted by Gasteiger charge is 2.33. The van der Waals surface area contributed by atoms with E-state index in [0.717, 1.165) is 32.4 Å². The van der Waals surface area contributed by atoms with Crippen LogP contribution in [0.1, 0.15) is 49.0 Å². The molecule has 2 saturated heterocycles. The largest absolute Gasteiger partial charge is 0.328 e. The van der Waals surface area contributed by atoms with Gasteiger partial charge >= 0.3 is 5.69 Å². The van der Waals surface area contributed by atoms with E-state index in [-0.39, 0.29) is 17.4 Å². The predicted molar refractivity (Wildman–Crippen MR) is 74.2 cm³/mol. The third-order valence-corrected chi connectivity index (χ3v) is 4.55. The number of H-pyrrole nitrogens is 1. The van der Waals surface area contributed by atoms with Crippen LogP contribution in [-0.2, 0) is 0 Å². The van der Waals surface area contributed by atoms with Gasteiger partial charge in [-0.3, -0.25) is 14.2 Å². The molecule has 0 saturated carbocycles. The van der Waals surface area contributed by atoms with E-state index in [1.54, 1.807) is 0 Å². The molecule has 1 aromatic rings. The Morgan fingerprint density at radius 3 is 2.80 bits per heavy atom. The van der Waals surface area contributed by atoms with E-state index in [2.05, 4.69) is 9.88 Å². The first kappa shape index (κ1) is 13.3. The summed E-state index contributed by atoms with van der Waals surface area (Å²) >= 11 is 0. The van der Waals surface area contributed by atoms with Crippen LogP contribution in [-0.4, -0.2) is 39.4 Å². The van der Waals surface area contributed by atoms with Gasteiger partial charge in [-0.05, 0) is 39.2 Å². The van der Waals surface area contributed by atoms with Gasteiger partial charge in [-0.15, -0.1) is 0 Å². The van der Waals surface area contributed by atoms with Gasteiger partial charge in [-0.1, -0.05) is 0 Å². The molecule has 2 atom stereocenters. The van der Waals surface area contributed by atoms with Crippen LogP contribution in [0.5, 0.6) is 0 Å². The van der Waals surface area contributed by atoms with E-state index in [1.165, 1.54) is 24.1 Å². The number of hydrogen-bond donors (Lipinski definition) is 1. The molecule has 3 heterocycles. The molecule has 2 unspecified atom stereocenters. The molecule has 2 fully saturated rings. The third-order valence-electron chi connectivity index (χ3n) is 4.55. The number of carbonyl (C=O) groups is 1. The normalized spacial score (nSPS) is 26.4. The van der Waals surface area contributed by atoms with Gasteiger partial charge in [-0.2, -0.15) is 0 Å². The van der Waals surface area contributed by atoms with E-state index >= 15 is 0 Å². The lowest BCUT2D eigenvalue weighted by Gasteiger charge is -2.35. The average molecular weight is 277 g/mol. The SMILES string of the molecule is CC(=O)c1c[nH]c(=O)n(C2CCN3CCCC3C2)c1=O. The lowest BCUT2D eigenvalue weighted by atomic mass is 9.97. The summed E-state index contributed by atoms with van der Waals surface area (Å²) in [6.45, 7) is 3.39. The number of aromatic nitrogens is 2. The Kier molecular flexibility index (Phi) is 3.33. The molecular formula is C14H19N3O3. The smallest absolute Gasteiger partial charge is 0.313 e. The fourth-order valence-electron chi connectivity index (χ4n) is 3.51. The summed E-state index contributed by atoms with van der Waals surface area (Å²) in [7, 11) is 0. The number of ketones is 1. The lowest BCUT2D eigenvalue weighted by Crippen LogP contribution is -2.46. The number of nitrogens with one attached hydrogen (secondary N) is 1. The topological polar surface area (TPSA) is 75.2 Å². The Morgan fingerprint density at radius 1 is 1.25 bits per heavy atom. The van der Waals surface area contributed by atoms with Crippen molar-refractivity contribution in [2.75, 3.05) is 13.1 Å². The van der Waals surface area contributed by atoms with Gasteiger partial charge in [0.1, 0.15) is 0 Å². The van der Waals surface area contributed by atoms with Gasteiger partial charge < -0.3 is 9.88 Å². The highest BCUT2D eigenvalue weighted by molar-refractivity contribution is 5.93. The molecule has 1 aromatic heterocycles. The van der Waals surface area contributed by atoms with Crippen LogP contribution in [0.4, 0.5) is 0 Å². The molecule has 0 amide bonds. The summed E-state index contributed by atoms with van der Waals surface area (Å²) in [5.74, 6) is -0.307. The van der Waals surface area contributed by atoms with E-state index in [0.29, 0.717) is 6.04 Å². The molecule has 0 aliphatic carbocycles. The predicted octanol–water partition coefficient (Wildman–Crippen LogP) is 0.538. The van der Waals surface area contributed by atoms with Crippen LogP contribution < -0.4 is 11.2 Å². The van der Waals surface area contributed by atoms with Crippen molar-refractivity contribution in [1.29, 1.82) is 0 Å². The van der Waals surface area contributed by atoms with Gasteiger partial charge in [-0.25, -0.2) is 4.79 Å². The van der Waals surface area contributed by atoms with E-state index in [1.807, 2.05) is 0 Å². The zero-order valence-corrected chi connectivity index (χ0v) is 11.6. The molecular weight excluding hydrogens is 258 g/mol. The number of rotatable bonds is 2. The summed E-state index contributed by atoms with van der Waals surface area (Å²) in [4.78, 5) is 40.7. The summed E-state index contributed by atoms with van der Waals surface area (Å²) in [5.41, 5.74) is -0.785. The molecule has 6 nitrogen and oxygen atoms in total. The van der Waals surface area contributed by atoms with Crippen molar-refractivity contribution in [3.63, 3.8) is 0 Å². The van der Waals surface area contributed by atoms with Crippen LogP contribution in [0.15, 0.2) is 15.8 Å². The van der Waals surface area contributed by atoms with E-state index < -0.39 is 11.2 Å². The van der Waals surface area contributed by atoms with Crippen molar-refractivity contribution >= 4 is 5.78 Å².